The molecule has 2 nitrogen and oxygen atoms in total. The van der Waals surface area contributed by atoms with Crippen molar-refractivity contribution in [3.8, 4) is 0 Å². The molecule has 0 aromatic carbocycles. The smallest absolute Gasteiger partial charge is 0.246 e. The van der Waals surface area contributed by atoms with Crippen molar-refractivity contribution in [2.24, 2.45) is 4.99 Å². The summed E-state index contributed by atoms with van der Waals surface area (Å²) in [7, 11) is 0. The van der Waals surface area contributed by atoms with Gasteiger partial charge in [-0.25, -0.2) is 4.98 Å². The van der Waals surface area contributed by atoms with Crippen molar-refractivity contribution < 1.29 is 13.2 Å². The maximum Gasteiger partial charge on any atom is 0.433 e. The molecule has 0 bridgehead atoms. The number of pyridine rings is 1. The van der Waals surface area contributed by atoms with Crippen molar-refractivity contribution in [3.05, 3.63) is 23.5 Å². The van der Waals surface area contributed by atoms with Crippen LogP contribution in [0.3, 0.4) is 0 Å². The minimum absolute atomic E-state index is 0.178. The van der Waals surface area contributed by atoms with E-state index in [4.69, 9.17) is 0 Å². The van der Waals surface area contributed by atoms with E-state index in [0.29, 0.717) is 5.69 Å². The Kier molecular flexibility index (Phi) is 2.98. The zero-order valence-electron chi connectivity index (χ0n) is 7.09. The Bertz CT molecular complexity index is 394. The predicted molar refractivity (Wildman–Crippen MR) is 48.7 cm³/mol. The Hall–Kier alpha value is -1.26. The van der Waals surface area contributed by atoms with Gasteiger partial charge in [0.1, 0.15) is 5.69 Å². The van der Waals surface area contributed by atoms with Crippen molar-refractivity contribution in [3.63, 3.8) is 0 Å². The third kappa shape index (κ3) is 2.37. The van der Waals surface area contributed by atoms with Crippen molar-refractivity contribution in [1.29, 1.82) is 0 Å². The zero-order chi connectivity index (χ0) is 10.8. The third-order valence-corrected chi connectivity index (χ3v) is 1.61. The van der Waals surface area contributed by atoms with Crippen LogP contribution in [0.15, 0.2) is 17.1 Å². The quantitative estimate of drug-likeness (QED) is 0.534. The van der Waals surface area contributed by atoms with Gasteiger partial charge >= 0.3 is 6.18 Å². The molecule has 0 fully saturated rings. The summed E-state index contributed by atoms with van der Waals surface area (Å²) in [4.78, 5) is 6.92. The van der Waals surface area contributed by atoms with Crippen LogP contribution in [-0.4, -0.2) is 10.1 Å². The number of aliphatic imine (C=N–C) groups is 1. The molecule has 0 aliphatic heterocycles. The molecule has 6 heteroatoms. The molecule has 0 spiro atoms. The van der Waals surface area contributed by atoms with E-state index in [-0.39, 0.29) is 5.69 Å². The lowest BCUT2D eigenvalue weighted by atomic mass is 10.2. The molecule has 0 saturated carbocycles. The van der Waals surface area contributed by atoms with Gasteiger partial charge in [-0.05, 0) is 31.3 Å². The summed E-state index contributed by atoms with van der Waals surface area (Å²) >= 11 is 4.33. The number of alkyl halides is 3. The Balaban J connectivity index is 3.19. The largest absolute Gasteiger partial charge is 0.433 e. The maximum absolute atomic E-state index is 12.2. The SMILES string of the molecule is Cc1nc(C(F)(F)F)ccc1N=C=S. The molecule has 0 saturated heterocycles. The standard InChI is InChI=1S/C8H5F3N2S/c1-5-6(12-4-14)2-3-7(13-5)8(9,10)11/h2-3H,1H3. The molecule has 14 heavy (non-hydrogen) atoms. The van der Waals surface area contributed by atoms with Crippen LogP contribution in [0.4, 0.5) is 18.9 Å². The number of halogens is 3. The van der Waals surface area contributed by atoms with Crippen molar-refractivity contribution in [2.75, 3.05) is 0 Å². The minimum Gasteiger partial charge on any atom is -0.246 e. The second-order valence-electron chi connectivity index (χ2n) is 2.50. The van der Waals surface area contributed by atoms with E-state index in [1.54, 1.807) is 0 Å². The second-order valence-corrected chi connectivity index (χ2v) is 2.68. The van der Waals surface area contributed by atoms with E-state index in [2.05, 4.69) is 27.4 Å². The van der Waals surface area contributed by atoms with E-state index in [0.717, 1.165) is 6.07 Å². The molecule has 74 valence electrons. The average molecular weight is 218 g/mol. The molecule has 0 amide bonds. The van der Waals surface area contributed by atoms with Gasteiger partial charge in [0.05, 0.1) is 16.5 Å². The van der Waals surface area contributed by atoms with Crippen LogP contribution >= 0.6 is 12.2 Å². The Morgan fingerprint density at radius 3 is 2.50 bits per heavy atom. The highest BCUT2D eigenvalue weighted by Crippen LogP contribution is 2.29. The van der Waals surface area contributed by atoms with Crippen LogP contribution in [0.2, 0.25) is 0 Å². The number of thiocarbonyl (C=S) groups is 1. The normalized spacial score (nSPS) is 10.9. The molecule has 0 radical (unpaired) electrons. The number of aryl methyl sites for hydroxylation is 1. The van der Waals surface area contributed by atoms with Crippen molar-refractivity contribution in [2.45, 2.75) is 13.1 Å². The molecule has 0 unspecified atom stereocenters. The van der Waals surface area contributed by atoms with Crippen LogP contribution in [0.1, 0.15) is 11.4 Å². The molecule has 1 aromatic heterocycles. The highest BCUT2D eigenvalue weighted by Gasteiger charge is 2.32. The van der Waals surface area contributed by atoms with E-state index >= 15 is 0 Å². The first-order chi connectivity index (χ1) is 6.45. The van der Waals surface area contributed by atoms with Crippen molar-refractivity contribution >= 4 is 23.1 Å². The molecule has 1 aromatic rings. The predicted octanol–water partition coefficient (Wildman–Crippen LogP) is 3.14. The molecule has 0 aliphatic carbocycles. The lowest BCUT2D eigenvalue weighted by Gasteiger charge is -2.06. The molecule has 0 aliphatic rings. The van der Waals surface area contributed by atoms with Gasteiger partial charge in [-0.15, -0.1) is 0 Å². The number of nitrogens with zero attached hydrogens (tertiary/aromatic N) is 2. The van der Waals surface area contributed by atoms with Gasteiger partial charge in [0, 0.05) is 0 Å². The van der Waals surface area contributed by atoms with E-state index in [1.165, 1.54) is 13.0 Å². The molecule has 1 rings (SSSR count). The highest BCUT2D eigenvalue weighted by atomic mass is 32.1. The summed E-state index contributed by atoms with van der Waals surface area (Å²) in [6.45, 7) is 1.43. The lowest BCUT2D eigenvalue weighted by Crippen LogP contribution is -2.08. The van der Waals surface area contributed by atoms with Crippen LogP contribution in [-0.2, 0) is 6.18 Å². The zero-order valence-corrected chi connectivity index (χ0v) is 7.91. The fourth-order valence-corrected chi connectivity index (χ4v) is 0.977. The van der Waals surface area contributed by atoms with Gasteiger partial charge in [0.15, 0.2) is 0 Å². The number of rotatable bonds is 1. The van der Waals surface area contributed by atoms with Gasteiger partial charge in [0.25, 0.3) is 0 Å². The first-order valence-electron chi connectivity index (χ1n) is 3.58. The Morgan fingerprint density at radius 2 is 2.07 bits per heavy atom. The lowest BCUT2D eigenvalue weighted by molar-refractivity contribution is -0.141. The second kappa shape index (κ2) is 3.86. The summed E-state index contributed by atoms with van der Waals surface area (Å²) in [5, 5.41) is 2.07. The molecule has 0 atom stereocenters. The van der Waals surface area contributed by atoms with Crippen LogP contribution < -0.4 is 0 Å². The third-order valence-electron chi connectivity index (χ3n) is 1.51. The summed E-state index contributed by atoms with van der Waals surface area (Å²) in [5.74, 6) is 0. The Morgan fingerprint density at radius 1 is 1.43 bits per heavy atom. The number of hydrogen-bond donors (Lipinski definition) is 0. The molecule has 0 N–H and O–H groups in total. The summed E-state index contributed by atoms with van der Waals surface area (Å²) in [6.07, 6.45) is -4.43. The molecule has 1 heterocycles. The fourth-order valence-electron chi connectivity index (χ4n) is 0.879. The first-order valence-corrected chi connectivity index (χ1v) is 3.98. The fraction of sp³-hybridized carbons (Fsp3) is 0.250. The summed E-state index contributed by atoms with van der Waals surface area (Å²) in [6, 6.07) is 2.07. The molecular formula is C8H5F3N2S. The number of hydrogen-bond acceptors (Lipinski definition) is 3. The van der Waals surface area contributed by atoms with E-state index < -0.39 is 11.9 Å². The van der Waals surface area contributed by atoms with Crippen LogP contribution in [0.5, 0.6) is 0 Å². The highest BCUT2D eigenvalue weighted by molar-refractivity contribution is 7.78. The van der Waals surface area contributed by atoms with Gasteiger partial charge < -0.3 is 0 Å². The van der Waals surface area contributed by atoms with Gasteiger partial charge in [-0.2, -0.15) is 18.2 Å². The summed E-state index contributed by atoms with van der Waals surface area (Å²) in [5.41, 5.74) is -0.455. The monoisotopic (exact) mass is 218 g/mol. The maximum atomic E-state index is 12.2. The van der Waals surface area contributed by atoms with Gasteiger partial charge in [-0.3, -0.25) is 0 Å². The van der Waals surface area contributed by atoms with Crippen LogP contribution in [0.25, 0.3) is 0 Å². The summed E-state index contributed by atoms with van der Waals surface area (Å²) < 4.78 is 36.5. The van der Waals surface area contributed by atoms with Gasteiger partial charge in [0.2, 0.25) is 0 Å². The first kappa shape index (κ1) is 10.8. The van der Waals surface area contributed by atoms with E-state index in [9.17, 15) is 13.2 Å². The van der Waals surface area contributed by atoms with E-state index in [1.807, 2.05) is 0 Å². The van der Waals surface area contributed by atoms with Gasteiger partial charge in [-0.1, -0.05) is 0 Å². The molecular weight excluding hydrogens is 213 g/mol. The van der Waals surface area contributed by atoms with Crippen molar-refractivity contribution in [1.82, 2.24) is 4.98 Å². The number of isothiocyanates is 1. The average Bonchev–Trinajstić information content (AvgIpc) is 2.07. The van der Waals surface area contributed by atoms with Crippen LogP contribution in [0, 0.1) is 6.92 Å². The minimum atomic E-state index is -4.43. The number of aromatic nitrogens is 1. The Labute approximate surface area is 83.5 Å². The topological polar surface area (TPSA) is 25.2 Å².